The highest BCUT2D eigenvalue weighted by atomic mass is 16.7. The van der Waals surface area contributed by atoms with Gasteiger partial charge in [-0.2, -0.15) is 0 Å². The van der Waals surface area contributed by atoms with Crippen molar-refractivity contribution in [1.29, 1.82) is 0 Å². The first-order valence-corrected chi connectivity index (χ1v) is 39.8. The Morgan fingerprint density at radius 1 is 0.378 bits per heavy atom. The summed E-state index contributed by atoms with van der Waals surface area (Å²) < 4.78 is 22.9. The molecule has 0 aliphatic carbocycles. The van der Waals surface area contributed by atoms with Crippen LogP contribution in [0.25, 0.3) is 0 Å². The second-order valence-corrected chi connectivity index (χ2v) is 27.4. The number of ether oxygens (including phenoxy) is 4. The SMILES string of the molecule is CC/C=C\C/C=C\C/C=C\C/C=C\C/C=C\C/C=C\C/C=C\C/C=C\CCCCCCCCCCCCCCCCCCC(=O)NC(COC1OC(CO)C(OC2OC(CO)C(O)C(O)C2O)C(O)C1O)C(O)/C=C/CC/C=C/CCCCCCCCCCCCCCCCCCC. The number of hydrogen-bond acceptors (Lipinski definition) is 13. The highest BCUT2D eigenvalue weighted by Gasteiger charge is 2.51. The Morgan fingerprint density at radius 3 is 1.12 bits per heavy atom. The maximum absolute atomic E-state index is 13.4. The molecular formula is C84H145NO13. The zero-order valence-electron chi connectivity index (χ0n) is 61.7. The van der Waals surface area contributed by atoms with Gasteiger partial charge in [-0.25, -0.2) is 0 Å². The smallest absolute Gasteiger partial charge is 0.220 e. The minimum absolute atomic E-state index is 0.249. The van der Waals surface area contributed by atoms with E-state index in [9.17, 15) is 45.6 Å². The van der Waals surface area contributed by atoms with Gasteiger partial charge < -0.3 is 65.1 Å². The second-order valence-electron chi connectivity index (χ2n) is 27.4. The fourth-order valence-electron chi connectivity index (χ4n) is 12.4. The van der Waals surface area contributed by atoms with Crippen LogP contribution < -0.4 is 5.32 Å². The van der Waals surface area contributed by atoms with Gasteiger partial charge in [-0.05, 0) is 96.3 Å². The van der Waals surface area contributed by atoms with Gasteiger partial charge >= 0.3 is 0 Å². The Kier molecular flexibility index (Phi) is 61.5. The Bertz CT molecular complexity index is 2110. The molecule has 0 radical (unpaired) electrons. The van der Waals surface area contributed by atoms with Gasteiger partial charge in [0.1, 0.15) is 48.8 Å². The Labute approximate surface area is 597 Å². The molecule has 0 bridgehead atoms. The molecule has 0 saturated carbocycles. The van der Waals surface area contributed by atoms with E-state index in [0.717, 1.165) is 83.5 Å². The first-order valence-electron chi connectivity index (χ1n) is 39.8. The summed E-state index contributed by atoms with van der Waals surface area (Å²) in [5.41, 5.74) is 0. The van der Waals surface area contributed by atoms with E-state index in [4.69, 9.17) is 18.9 Å². The van der Waals surface area contributed by atoms with Gasteiger partial charge in [-0.1, -0.05) is 328 Å². The number of hydrogen-bond donors (Lipinski definition) is 9. The van der Waals surface area contributed by atoms with E-state index in [2.05, 4.69) is 129 Å². The fraction of sp³-hybridized carbons (Fsp3) is 0.750. The lowest BCUT2D eigenvalue weighted by molar-refractivity contribution is -0.359. The lowest BCUT2D eigenvalue weighted by Gasteiger charge is -2.46. The average molecular weight is 1380 g/mol. The molecule has 0 aromatic heterocycles. The average Bonchev–Trinajstić information content (AvgIpc) is 0.793. The van der Waals surface area contributed by atoms with Crippen molar-refractivity contribution in [1.82, 2.24) is 5.32 Å². The number of nitrogens with one attached hydrogen (secondary N) is 1. The third-order valence-corrected chi connectivity index (χ3v) is 18.6. The predicted octanol–water partition coefficient (Wildman–Crippen LogP) is 18.0. The third-order valence-electron chi connectivity index (χ3n) is 18.6. The summed E-state index contributed by atoms with van der Waals surface area (Å²) in [6, 6.07) is -0.939. The molecule has 2 heterocycles. The lowest BCUT2D eigenvalue weighted by Crippen LogP contribution is -2.65. The van der Waals surface area contributed by atoms with Crippen LogP contribution in [0.2, 0.25) is 0 Å². The van der Waals surface area contributed by atoms with Gasteiger partial charge in [0.25, 0.3) is 0 Å². The number of aliphatic hydroxyl groups excluding tert-OH is 8. The molecule has 0 aromatic carbocycles. The minimum Gasteiger partial charge on any atom is -0.394 e. The summed E-state index contributed by atoms with van der Waals surface area (Å²) >= 11 is 0. The van der Waals surface area contributed by atoms with Crippen molar-refractivity contribution in [3.63, 3.8) is 0 Å². The molecule has 2 saturated heterocycles. The van der Waals surface area contributed by atoms with Crippen LogP contribution in [0.15, 0.2) is 122 Å². The zero-order valence-corrected chi connectivity index (χ0v) is 61.7. The Hall–Kier alpha value is -3.61. The van der Waals surface area contributed by atoms with E-state index >= 15 is 0 Å². The monoisotopic (exact) mass is 1380 g/mol. The molecule has 2 fully saturated rings. The van der Waals surface area contributed by atoms with Crippen LogP contribution in [0, 0.1) is 0 Å². The maximum atomic E-state index is 13.4. The number of carbonyl (C=O) groups is 1. The van der Waals surface area contributed by atoms with E-state index in [1.807, 2.05) is 6.08 Å². The van der Waals surface area contributed by atoms with E-state index in [-0.39, 0.29) is 18.9 Å². The van der Waals surface area contributed by atoms with E-state index in [1.54, 1.807) is 6.08 Å². The van der Waals surface area contributed by atoms with E-state index in [0.29, 0.717) is 12.8 Å². The topological polar surface area (TPSA) is 228 Å². The summed E-state index contributed by atoms with van der Waals surface area (Å²) in [6.07, 6.45) is 81.3. The first-order chi connectivity index (χ1) is 48.1. The van der Waals surface area contributed by atoms with Crippen LogP contribution in [0.1, 0.15) is 309 Å². The summed E-state index contributed by atoms with van der Waals surface area (Å²) in [4.78, 5) is 13.4. The van der Waals surface area contributed by atoms with E-state index < -0.39 is 86.8 Å². The highest BCUT2D eigenvalue weighted by molar-refractivity contribution is 5.76. The highest BCUT2D eigenvalue weighted by Crippen LogP contribution is 2.30. The number of amides is 1. The van der Waals surface area contributed by atoms with Crippen LogP contribution >= 0.6 is 0 Å². The van der Waals surface area contributed by atoms with Crippen LogP contribution in [-0.2, 0) is 23.7 Å². The van der Waals surface area contributed by atoms with Gasteiger partial charge in [-0.15, -0.1) is 0 Å². The molecule has 2 rings (SSSR count). The quantitative estimate of drug-likeness (QED) is 0.0204. The van der Waals surface area contributed by atoms with Crippen molar-refractivity contribution in [2.75, 3.05) is 19.8 Å². The van der Waals surface area contributed by atoms with Crippen molar-refractivity contribution in [3.8, 4) is 0 Å². The molecule has 9 N–H and O–H groups in total. The molecule has 2 aliphatic heterocycles. The van der Waals surface area contributed by atoms with Crippen LogP contribution in [0.4, 0.5) is 0 Å². The van der Waals surface area contributed by atoms with Crippen molar-refractivity contribution in [3.05, 3.63) is 122 Å². The molecule has 12 unspecified atom stereocenters. The number of carbonyl (C=O) groups excluding carboxylic acids is 1. The van der Waals surface area contributed by atoms with Gasteiger partial charge in [0.15, 0.2) is 12.6 Å². The van der Waals surface area contributed by atoms with Crippen molar-refractivity contribution in [2.24, 2.45) is 0 Å². The molecule has 12 atom stereocenters. The molecule has 98 heavy (non-hydrogen) atoms. The lowest BCUT2D eigenvalue weighted by atomic mass is 9.97. The van der Waals surface area contributed by atoms with Crippen molar-refractivity contribution in [2.45, 2.75) is 383 Å². The van der Waals surface area contributed by atoms with Crippen LogP contribution in [-0.4, -0.2) is 140 Å². The fourth-order valence-corrected chi connectivity index (χ4v) is 12.4. The summed E-state index contributed by atoms with van der Waals surface area (Å²) in [7, 11) is 0. The van der Waals surface area contributed by atoms with Crippen molar-refractivity contribution < 1.29 is 64.6 Å². The first kappa shape index (κ1) is 90.5. The summed E-state index contributed by atoms with van der Waals surface area (Å²) in [6.45, 7) is 2.70. The van der Waals surface area contributed by atoms with E-state index in [1.165, 1.54) is 193 Å². The van der Waals surface area contributed by atoms with Crippen LogP contribution in [0.3, 0.4) is 0 Å². The number of unbranched alkanes of at least 4 members (excludes halogenated alkanes) is 34. The van der Waals surface area contributed by atoms with Crippen LogP contribution in [0.5, 0.6) is 0 Å². The predicted molar refractivity (Wildman–Crippen MR) is 405 cm³/mol. The molecule has 2 aliphatic rings. The molecule has 564 valence electrons. The van der Waals surface area contributed by atoms with Gasteiger partial charge in [0.05, 0.1) is 32.0 Å². The Balaban J connectivity index is 1.61. The number of rotatable bonds is 65. The standard InChI is InChI=1S/C84H145NO13/c1-3-5-7-9-11-13-15-17-19-21-23-25-27-28-29-30-31-32-33-34-35-36-37-38-39-40-41-42-43-44-46-48-50-52-54-56-58-60-62-64-66-68-76(89)85-72(71-95-83-81(94)79(92)82(75(70-87)97-83)98-84-80(93)78(91)77(90)74(69-86)96-84)73(88)67-65-63-61-59-57-55-53-51-49-47-45-26-24-22-20-18-16-14-12-10-8-6-4-2/h5,7,11,13,17,19,23,25,28-29,31-32,34-35,37-38,57,59,65,67,72-75,77-84,86-88,90-94H,3-4,6,8-10,12,14-16,18,20-22,24,26-27,30,33,36,39-56,58,60-64,66,68-71H2,1-2H3,(H,85,89)/b7-5-,13-11-,19-17-,25-23-,29-28-,32-31-,35-34-,38-37-,59-57+,67-65+. The second kappa shape index (κ2) is 66.6. The molecular weight excluding hydrogens is 1230 g/mol. The molecule has 0 aromatic rings. The molecule has 14 heteroatoms. The maximum Gasteiger partial charge on any atom is 0.220 e. The molecule has 0 spiro atoms. The summed E-state index contributed by atoms with van der Waals surface area (Å²) in [5, 5.41) is 87.6. The van der Waals surface area contributed by atoms with Gasteiger partial charge in [-0.3, -0.25) is 4.79 Å². The normalized spacial score (nSPS) is 22.7. The van der Waals surface area contributed by atoms with Gasteiger partial charge in [0, 0.05) is 6.42 Å². The minimum atomic E-state index is -1.80. The molecule has 1 amide bonds. The summed E-state index contributed by atoms with van der Waals surface area (Å²) in [5.74, 6) is -0.249. The molecule has 14 nitrogen and oxygen atoms in total. The number of allylic oxidation sites excluding steroid dienone is 19. The van der Waals surface area contributed by atoms with Gasteiger partial charge in [0.2, 0.25) is 5.91 Å². The zero-order chi connectivity index (χ0) is 70.8. The third kappa shape index (κ3) is 49.1. The largest absolute Gasteiger partial charge is 0.394 e. The van der Waals surface area contributed by atoms with Crippen molar-refractivity contribution >= 4 is 5.91 Å². The Morgan fingerprint density at radius 2 is 0.714 bits per heavy atom. The number of aliphatic hydroxyl groups is 8.